The number of carbonyl (C=O) groups excluding carboxylic acids is 1. The van der Waals surface area contributed by atoms with Gasteiger partial charge in [0.1, 0.15) is 18.0 Å². The summed E-state index contributed by atoms with van der Waals surface area (Å²) in [7, 11) is 0. The number of benzene rings is 1. The van der Waals surface area contributed by atoms with E-state index in [9.17, 15) is 9.18 Å². The van der Waals surface area contributed by atoms with E-state index in [4.69, 9.17) is 4.74 Å². The Labute approximate surface area is 94.4 Å². The van der Waals surface area contributed by atoms with Crippen LogP contribution in [0.3, 0.4) is 0 Å². The highest BCUT2D eigenvalue weighted by atomic mass is 19.1. The first-order valence-electron chi connectivity index (χ1n) is 5.35. The molecule has 0 amide bonds. The number of hydrogen-bond acceptors (Lipinski definition) is 2. The molecule has 0 aromatic heterocycles. The zero-order valence-electron chi connectivity index (χ0n) is 9.66. The lowest BCUT2D eigenvalue weighted by Gasteiger charge is -2.14. The fourth-order valence-corrected chi connectivity index (χ4v) is 1.68. The monoisotopic (exact) mass is 222 g/mol. The molecule has 0 aliphatic carbocycles. The van der Waals surface area contributed by atoms with E-state index in [0.29, 0.717) is 0 Å². The number of halogens is 1. The summed E-state index contributed by atoms with van der Waals surface area (Å²) in [6.45, 7) is 5.58. The van der Waals surface area contributed by atoms with Crippen LogP contribution in [0.15, 0.2) is 24.3 Å². The van der Waals surface area contributed by atoms with Gasteiger partial charge in [0, 0.05) is 5.41 Å². The van der Waals surface area contributed by atoms with Gasteiger partial charge in [-0.15, -0.1) is 0 Å². The second-order valence-corrected chi connectivity index (χ2v) is 5.15. The molecular weight excluding hydrogens is 207 g/mol. The zero-order valence-corrected chi connectivity index (χ0v) is 9.66. The van der Waals surface area contributed by atoms with E-state index in [1.54, 1.807) is 12.1 Å². The molecule has 1 aliphatic heterocycles. The Bertz CT molecular complexity index is 420. The van der Waals surface area contributed by atoms with Gasteiger partial charge >= 0.3 is 0 Å². The van der Waals surface area contributed by atoms with Crippen LogP contribution < -0.4 is 0 Å². The summed E-state index contributed by atoms with van der Waals surface area (Å²) in [6, 6.07) is 6.21. The molecule has 2 rings (SSSR count). The number of ether oxygens (including phenoxy) is 1. The number of hydrogen-bond donors (Lipinski definition) is 0. The van der Waals surface area contributed by atoms with Gasteiger partial charge in [-0.1, -0.05) is 32.9 Å². The third-order valence-corrected chi connectivity index (χ3v) is 2.67. The molecular formula is C13H15FO2. The van der Waals surface area contributed by atoms with Gasteiger partial charge in [-0.25, -0.2) is 4.39 Å². The second-order valence-electron chi connectivity index (χ2n) is 5.15. The molecule has 16 heavy (non-hydrogen) atoms. The van der Waals surface area contributed by atoms with Crippen LogP contribution in [0.25, 0.3) is 0 Å². The minimum atomic E-state index is -0.410. The average molecular weight is 222 g/mol. The van der Waals surface area contributed by atoms with Crippen LogP contribution in [-0.4, -0.2) is 11.9 Å². The van der Waals surface area contributed by atoms with Crippen LogP contribution in [0, 0.1) is 11.2 Å². The fourth-order valence-electron chi connectivity index (χ4n) is 1.68. The fraction of sp³-hybridized carbons (Fsp3) is 0.462. The summed E-state index contributed by atoms with van der Waals surface area (Å²) in [6.07, 6.45) is -0.663. The maximum atomic E-state index is 13.0. The lowest BCUT2D eigenvalue weighted by atomic mass is 9.87. The van der Waals surface area contributed by atoms with E-state index in [-0.39, 0.29) is 17.7 Å². The topological polar surface area (TPSA) is 29.6 Å². The summed E-state index contributed by atoms with van der Waals surface area (Å²) < 4.78 is 18.3. The van der Waals surface area contributed by atoms with Gasteiger partial charge in [0.15, 0.2) is 5.78 Å². The predicted molar refractivity (Wildman–Crippen MR) is 58.5 cm³/mol. The average Bonchev–Trinajstić information content (AvgIpc) is 2.94. The molecule has 3 heteroatoms. The highest BCUT2D eigenvalue weighted by Crippen LogP contribution is 2.42. The first-order valence-corrected chi connectivity index (χ1v) is 5.35. The lowest BCUT2D eigenvalue weighted by Crippen LogP contribution is -2.25. The van der Waals surface area contributed by atoms with Crippen molar-refractivity contribution in [3.05, 3.63) is 35.6 Å². The Balaban J connectivity index is 2.10. The molecule has 86 valence electrons. The van der Waals surface area contributed by atoms with Crippen LogP contribution in [0.5, 0.6) is 0 Å². The maximum absolute atomic E-state index is 13.0. The van der Waals surface area contributed by atoms with Crippen molar-refractivity contribution in [3.8, 4) is 0 Å². The lowest BCUT2D eigenvalue weighted by molar-refractivity contribution is -0.127. The van der Waals surface area contributed by atoms with Gasteiger partial charge in [0.05, 0.1) is 0 Å². The molecule has 1 aromatic rings. The number of ketones is 1. The summed E-state index contributed by atoms with van der Waals surface area (Å²) in [5.41, 5.74) is 0.329. The van der Waals surface area contributed by atoms with Crippen molar-refractivity contribution in [1.29, 1.82) is 0 Å². The molecule has 0 saturated carbocycles. The molecule has 1 aliphatic rings. The van der Waals surface area contributed by atoms with E-state index in [2.05, 4.69) is 0 Å². The van der Waals surface area contributed by atoms with Crippen molar-refractivity contribution < 1.29 is 13.9 Å². The molecule has 0 spiro atoms. The van der Waals surface area contributed by atoms with Crippen molar-refractivity contribution in [2.45, 2.75) is 33.0 Å². The molecule has 1 saturated heterocycles. The van der Waals surface area contributed by atoms with E-state index >= 15 is 0 Å². The second kappa shape index (κ2) is 3.67. The van der Waals surface area contributed by atoms with Crippen molar-refractivity contribution in [2.75, 3.05) is 0 Å². The minimum absolute atomic E-state index is 0.0711. The summed E-state index contributed by atoms with van der Waals surface area (Å²) in [5, 5.41) is 0. The van der Waals surface area contributed by atoms with Crippen molar-refractivity contribution in [1.82, 2.24) is 0 Å². The van der Waals surface area contributed by atoms with Crippen LogP contribution in [0.4, 0.5) is 4.39 Å². The molecule has 0 unspecified atom stereocenters. The van der Waals surface area contributed by atoms with Gasteiger partial charge < -0.3 is 4.74 Å². The molecule has 1 fully saturated rings. The summed E-state index contributed by atoms with van der Waals surface area (Å²) in [4.78, 5) is 11.9. The molecule has 1 aromatic carbocycles. The van der Waals surface area contributed by atoms with Crippen LogP contribution in [0.2, 0.25) is 0 Å². The summed E-state index contributed by atoms with van der Waals surface area (Å²) >= 11 is 0. The van der Waals surface area contributed by atoms with Gasteiger partial charge in [-0.3, -0.25) is 4.79 Å². The third kappa shape index (κ3) is 2.14. The molecule has 0 radical (unpaired) electrons. The van der Waals surface area contributed by atoms with Gasteiger partial charge in [0.2, 0.25) is 0 Å². The zero-order chi connectivity index (χ0) is 11.9. The summed E-state index contributed by atoms with van der Waals surface area (Å²) in [5.74, 6) is -0.225. The van der Waals surface area contributed by atoms with E-state index < -0.39 is 11.5 Å². The molecule has 0 N–H and O–H groups in total. The SMILES string of the molecule is CC(C)(C)C(=O)[C@H]1O[C@@H]1c1cccc(F)c1. The van der Waals surface area contributed by atoms with Crippen LogP contribution in [-0.2, 0) is 9.53 Å². The first kappa shape index (κ1) is 11.3. The number of rotatable bonds is 2. The highest BCUT2D eigenvalue weighted by molar-refractivity contribution is 5.90. The molecule has 2 atom stereocenters. The quantitative estimate of drug-likeness (QED) is 0.720. The Morgan fingerprint density at radius 2 is 2.06 bits per heavy atom. The van der Waals surface area contributed by atoms with Crippen LogP contribution in [0.1, 0.15) is 32.4 Å². The van der Waals surface area contributed by atoms with Crippen LogP contribution >= 0.6 is 0 Å². The Kier molecular flexibility index (Phi) is 2.58. The standard InChI is InChI=1S/C13H15FO2/c1-13(2,3)12(15)11-10(16-11)8-5-4-6-9(14)7-8/h4-7,10-11H,1-3H3/t10-,11+/m1/s1. The minimum Gasteiger partial charge on any atom is -0.356 e. The normalized spacial score (nSPS) is 24.2. The third-order valence-electron chi connectivity index (χ3n) is 2.67. The van der Waals surface area contributed by atoms with Crippen molar-refractivity contribution in [2.24, 2.45) is 5.41 Å². The first-order chi connectivity index (χ1) is 7.39. The van der Waals surface area contributed by atoms with Gasteiger partial charge in [-0.2, -0.15) is 0 Å². The molecule has 2 nitrogen and oxygen atoms in total. The Morgan fingerprint density at radius 3 is 2.62 bits per heavy atom. The Hall–Kier alpha value is -1.22. The van der Waals surface area contributed by atoms with Crippen molar-refractivity contribution in [3.63, 3.8) is 0 Å². The highest BCUT2D eigenvalue weighted by Gasteiger charge is 2.49. The Morgan fingerprint density at radius 1 is 1.38 bits per heavy atom. The molecule has 1 heterocycles. The van der Waals surface area contributed by atoms with Crippen molar-refractivity contribution >= 4 is 5.78 Å². The van der Waals surface area contributed by atoms with E-state index in [1.807, 2.05) is 20.8 Å². The number of epoxide rings is 1. The van der Waals surface area contributed by atoms with E-state index in [1.165, 1.54) is 12.1 Å². The molecule has 0 bridgehead atoms. The smallest absolute Gasteiger partial charge is 0.169 e. The largest absolute Gasteiger partial charge is 0.356 e. The number of carbonyl (C=O) groups is 1. The number of Topliss-reactive ketones (excluding diaryl/α,β-unsaturated/α-hetero) is 1. The predicted octanol–water partition coefficient (Wildman–Crippen LogP) is 2.88. The maximum Gasteiger partial charge on any atom is 0.169 e. The van der Waals surface area contributed by atoms with Gasteiger partial charge in [0.25, 0.3) is 0 Å². The van der Waals surface area contributed by atoms with Gasteiger partial charge in [-0.05, 0) is 17.7 Å². The van der Waals surface area contributed by atoms with E-state index in [0.717, 1.165) is 5.56 Å².